The normalized spacial score (nSPS) is 22.6. The molecule has 2 heterocycles. The van der Waals surface area contributed by atoms with E-state index in [4.69, 9.17) is 4.74 Å². The molecule has 22 heavy (non-hydrogen) atoms. The second-order valence-electron chi connectivity index (χ2n) is 6.81. The Balaban J connectivity index is 2.10. The second kappa shape index (κ2) is 6.44. The highest BCUT2D eigenvalue weighted by atomic mass is 79.9. The number of halogens is 1. The highest BCUT2D eigenvalue weighted by molar-refractivity contribution is 9.10. The molecule has 1 saturated heterocycles. The standard InChI is InChI=1S/C16H24BrN3O2/c1-11-9-19(14-8-6-7-13(17)18-14)10-12(2)20(11)15(21)22-16(3,4)5/h6-8,11-12H,9-10H2,1-5H3. The molecule has 1 aromatic rings. The summed E-state index contributed by atoms with van der Waals surface area (Å²) < 4.78 is 6.34. The lowest BCUT2D eigenvalue weighted by Crippen LogP contribution is -2.59. The summed E-state index contributed by atoms with van der Waals surface area (Å²) in [6, 6.07) is 6.02. The number of piperazine rings is 1. The fourth-order valence-corrected chi connectivity index (χ4v) is 3.09. The molecule has 1 aromatic heterocycles. The maximum Gasteiger partial charge on any atom is 0.410 e. The van der Waals surface area contributed by atoms with Gasteiger partial charge in [0.1, 0.15) is 16.0 Å². The summed E-state index contributed by atoms with van der Waals surface area (Å²) in [4.78, 5) is 20.9. The average Bonchev–Trinajstić information content (AvgIpc) is 2.35. The first-order valence-corrected chi connectivity index (χ1v) is 8.35. The highest BCUT2D eigenvalue weighted by Gasteiger charge is 2.35. The fraction of sp³-hybridized carbons (Fsp3) is 0.625. The zero-order chi connectivity index (χ0) is 16.5. The summed E-state index contributed by atoms with van der Waals surface area (Å²) >= 11 is 3.40. The number of carbonyl (C=O) groups is 1. The van der Waals surface area contributed by atoms with E-state index in [0.717, 1.165) is 23.5 Å². The number of aromatic nitrogens is 1. The van der Waals surface area contributed by atoms with E-state index >= 15 is 0 Å². The molecule has 0 bridgehead atoms. The Morgan fingerprint density at radius 2 is 1.86 bits per heavy atom. The lowest BCUT2D eigenvalue weighted by Gasteiger charge is -2.44. The van der Waals surface area contributed by atoms with E-state index in [9.17, 15) is 4.79 Å². The van der Waals surface area contributed by atoms with Gasteiger partial charge in [-0.15, -0.1) is 0 Å². The summed E-state index contributed by atoms with van der Waals surface area (Å²) in [7, 11) is 0. The first kappa shape index (κ1) is 17.1. The van der Waals surface area contributed by atoms with Crippen molar-refractivity contribution in [2.75, 3.05) is 18.0 Å². The van der Waals surface area contributed by atoms with Crippen molar-refractivity contribution in [1.29, 1.82) is 0 Å². The molecule has 2 atom stereocenters. The van der Waals surface area contributed by atoms with Gasteiger partial charge in [-0.05, 0) is 62.7 Å². The van der Waals surface area contributed by atoms with Crippen LogP contribution >= 0.6 is 15.9 Å². The van der Waals surface area contributed by atoms with E-state index in [1.807, 2.05) is 57.7 Å². The van der Waals surface area contributed by atoms with Gasteiger partial charge in [-0.25, -0.2) is 9.78 Å². The van der Waals surface area contributed by atoms with Gasteiger partial charge in [0.05, 0.1) is 12.1 Å². The van der Waals surface area contributed by atoms with Crippen LogP contribution in [0.2, 0.25) is 0 Å². The minimum Gasteiger partial charge on any atom is -0.444 e. The highest BCUT2D eigenvalue weighted by Crippen LogP contribution is 2.24. The summed E-state index contributed by atoms with van der Waals surface area (Å²) in [5.41, 5.74) is -0.473. The fourth-order valence-electron chi connectivity index (χ4n) is 2.76. The van der Waals surface area contributed by atoms with Crippen molar-refractivity contribution in [2.24, 2.45) is 0 Å². The van der Waals surface area contributed by atoms with Crippen LogP contribution in [-0.2, 0) is 4.74 Å². The summed E-state index contributed by atoms with van der Waals surface area (Å²) in [5.74, 6) is 0.928. The number of amides is 1. The molecular weight excluding hydrogens is 346 g/mol. The molecule has 0 aromatic carbocycles. The van der Waals surface area contributed by atoms with Crippen LogP contribution in [-0.4, -0.2) is 46.8 Å². The number of pyridine rings is 1. The van der Waals surface area contributed by atoms with Crippen molar-refractivity contribution in [3.05, 3.63) is 22.8 Å². The summed E-state index contributed by atoms with van der Waals surface area (Å²) in [6.07, 6.45) is -0.241. The molecule has 2 rings (SSSR count). The van der Waals surface area contributed by atoms with E-state index in [0.29, 0.717) is 0 Å². The molecule has 5 nitrogen and oxygen atoms in total. The molecule has 122 valence electrons. The minimum absolute atomic E-state index is 0.0689. The largest absolute Gasteiger partial charge is 0.444 e. The van der Waals surface area contributed by atoms with Crippen LogP contribution in [0.25, 0.3) is 0 Å². The van der Waals surface area contributed by atoms with Crippen LogP contribution in [0.3, 0.4) is 0 Å². The maximum absolute atomic E-state index is 12.4. The van der Waals surface area contributed by atoms with Gasteiger partial charge in [-0.1, -0.05) is 6.07 Å². The predicted octanol–water partition coefficient (Wildman–Crippen LogP) is 3.68. The van der Waals surface area contributed by atoms with Crippen molar-refractivity contribution < 1.29 is 9.53 Å². The smallest absolute Gasteiger partial charge is 0.410 e. The molecule has 1 fully saturated rings. The van der Waals surface area contributed by atoms with Gasteiger partial charge < -0.3 is 9.64 Å². The zero-order valence-corrected chi connectivity index (χ0v) is 15.4. The maximum atomic E-state index is 12.4. The molecule has 0 radical (unpaired) electrons. The quantitative estimate of drug-likeness (QED) is 0.708. The molecule has 6 heteroatoms. The molecule has 1 aliphatic heterocycles. The molecule has 1 aliphatic rings. The van der Waals surface area contributed by atoms with Gasteiger partial charge in [0.15, 0.2) is 0 Å². The average molecular weight is 370 g/mol. The minimum atomic E-state index is -0.473. The molecule has 0 aliphatic carbocycles. The Kier molecular flexibility index (Phi) is 5.00. The number of ether oxygens (including phenoxy) is 1. The van der Waals surface area contributed by atoms with Crippen LogP contribution in [0, 0.1) is 0 Å². The van der Waals surface area contributed by atoms with E-state index in [1.165, 1.54) is 0 Å². The van der Waals surface area contributed by atoms with Crippen molar-refractivity contribution >= 4 is 27.8 Å². The third-order valence-electron chi connectivity index (χ3n) is 3.55. The van der Waals surface area contributed by atoms with E-state index < -0.39 is 5.60 Å². The van der Waals surface area contributed by atoms with Gasteiger partial charge >= 0.3 is 6.09 Å². The number of rotatable bonds is 1. The molecule has 0 spiro atoms. The topological polar surface area (TPSA) is 45.7 Å². The number of hydrogen-bond donors (Lipinski definition) is 0. The third-order valence-corrected chi connectivity index (χ3v) is 3.99. The van der Waals surface area contributed by atoms with Gasteiger partial charge in [0.25, 0.3) is 0 Å². The van der Waals surface area contributed by atoms with Gasteiger partial charge in [0.2, 0.25) is 0 Å². The van der Waals surface area contributed by atoms with Crippen LogP contribution < -0.4 is 4.90 Å². The first-order valence-electron chi connectivity index (χ1n) is 7.56. The van der Waals surface area contributed by atoms with Crippen LogP contribution in [0.15, 0.2) is 22.8 Å². The zero-order valence-electron chi connectivity index (χ0n) is 13.8. The molecule has 0 N–H and O–H groups in total. The van der Waals surface area contributed by atoms with Crippen LogP contribution in [0.4, 0.5) is 10.6 Å². The van der Waals surface area contributed by atoms with E-state index in [1.54, 1.807) is 0 Å². The van der Waals surface area contributed by atoms with Crippen molar-refractivity contribution in [3.8, 4) is 0 Å². The van der Waals surface area contributed by atoms with Crippen molar-refractivity contribution in [1.82, 2.24) is 9.88 Å². The predicted molar refractivity (Wildman–Crippen MR) is 91.1 cm³/mol. The summed E-state index contributed by atoms with van der Waals surface area (Å²) in [5, 5.41) is 0. The Bertz CT molecular complexity index is 532. The first-order chi connectivity index (χ1) is 10.2. The van der Waals surface area contributed by atoms with Crippen molar-refractivity contribution in [3.63, 3.8) is 0 Å². The number of hydrogen-bond acceptors (Lipinski definition) is 4. The Hall–Kier alpha value is -1.30. The van der Waals surface area contributed by atoms with Crippen LogP contribution in [0.5, 0.6) is 0 Å². The molecule has 2 unspecified atom stereocenters. The van der Waals surface area contributed by atoms with Gasteiger partial charge in [-0.3, -0.25) is 4.90 Å². The number of nitrogens with zero attached hydrogens (tertiary/aromatic N) is 3. The van der Waals surface area contributed by atoms with Gasteiger partial charge in [-0.2, -0.15) is 0 Å². The van der Waals surface area contributed by atoms with E-state index in [-0.39, 0.29) is 18.2 Å². The SMILES string of the molecule is CC1CN(c2cccc(Br)n2)CC(C)N1C(=O)OC(C)(C)C. The Morgan fingerprint density at radius 3 is 2.36 bits per heavy atom. The molecule has 0 saturated carbocycles. The van der Waals surface area contributed by atoms with Crippen molar-refractivity contribution in [2.45, 2.75) is 52.3 Å². The lowest BCUT2D eigenvalue weighted by molar-refractivity contribution is 0.00560. The van der Waals surface area contributed by atoms with Gasteiger partial charge in [0, 0.05) is 13.1 Å². The lowest BCUT2D eigenvalue weighted by atomic mass is 10.1. The van der Waals surface area contributed by atoms with E-state index in [2.05, 4.69) is 25.8 Å². The summed E-state index contributed by atoms with van der Waals surface area (Å²) in [6.45, 7) is 11.3. The second-order valence-corrected chi connectivity index (χ2v) is 7.62. The molecule has 1 amide bonds. The van der Waals surface area contributed by atoms with Crippen LogP contribution in [0.1, 0.15) is 34.6 Å². The third kappa shape index (κ3) is 4.12. The molecular formula is C16H24BrN3O2. The monoisotopic (exact) mass is 369 g/mol. The number of carbonyl (C=O) groups excluding carboxylic acids is 1. The Labute approximate surface area is 140 Å². The Morgan fingerprint density at radius 1 is 1.27 bits per heavy atom. The number of anilines is 1.